The topological polar surface area (TPSA) is 30.3 Å². The molecule has 2 unspecified atom stereocenters. The molecule has 34 heavy (non-hydrogen) atoms. The van der Waals surface area contributed by atoms with Crippen molar-refractivity contribution in [1.82, 2.24) is 9.80 Å². The van der Waals surface area contributed by atoms with Crippen LogP contribution in [-0.4, -0.2) is 36.0 Å². The van der Waals surface area contributed by atoms with Crippen molar-refractivity contribution in [2.45, 2.75) is 37.1 Å². The van der Waals surface area contributed by atoms with Crippen molar-refractivity contribution in [2.75, 3.05) is 26.2 Å². The molecule has 172 valence electrons. The highest BCUT2D eigenvalue weighted by Crippen LogP contribution is 2.49. The van der Waals surface area contributed by atoms with Gasteiger partial charge in [-0.2, -0.15) is 5.26 Å². The Balaban J connectivity index is 1.78. The Labute approximate surface area is 204 Å². The Hall–Kier alpha value is -3.35. The fraction of sp³-hybridized carbons (Fsp3) is 0.323. The number of rotatable bonds is 7. The van der Waals surface area contributed by atoms with Crippen LogP contribution in [0.2, 0.25) is 0 Å². The average Bonchev–Trinajstić information content (AvgIpc) is 3.63. The van der Waals surface area contributed by atoms with Crippen molar-refractivity contribution in [3.63, 3.8) is 0 Å². The summed E-state index contributed by atoms with van der Waals surface area (Å²) in [5, 5.41) is 11.1. The molecule has 0 aliphatic carbocycles. The van der Waals surface area contributed by atoms with Crippen LogP contribution in [0.3, 0.4) is 0 Å². The van der Waals surface area contributed by atoms with Gasteiger partial charge in [-0.1, -0.05) is 91.0 Å². The fourth-order valence-electron chi connectivity index (χ4n) is 5.82. The molecule has 3 aromatic rings. The van der Waals surface area contributed by atoms with E-state index in [0.717, 1.165) is 44.6 Å². The molecule has 2 heterocycles. The van der Waals surface area contributed by atoms with Gasteiger partial charge in [0.15, 0.2) is 0 Å². The van der Waals surface area contributed by atoms with Crippen molar-refractivity contribution in [3.05, 3.63) is 113 Å². The van der Waals surface area contributed by atoms with E-state index >= 15 is 0 Å². The summed E-state index contributed by atoms with van der Waals surface area (Å²) in [6.07, 6.45) is 7.01. The van der Waals surface area contributed by atoms with Gasteiger partial charge in [0.2, 0.25) is 0 Å². The molecule has 0 amide bonds. The molecule has 0 spiro atoms. The number of nitriles is 1. The molecule has 0 bridgehead atoms. The lowest BCUT2D eigenvalue weighted by Gasteiger charge is -2.45. The van der Waals surface area contributed by atoms with Crippen LogP contribution in [0.4, 0.5) is 0 Å². The van der Waals surface area contributed by atoms with Gasteiger partial charge in [-0.3, -0.25) is 4.90 Å². The summed E-state index contributed by atoms with van der Waals surface area (Å²) < 4.78 is 0. The summed E-state index contributed by atoms with van der Waals surface area (Å²) in [7, 11) is 0. The van der Waals surface area contributed by atoms with Gasteiger partial charge < -0.3 is 4.90 Å². The van der Waals surface area contributed by atoms with Gasteiger partial charge in [-0.05, 0) is 48.4 Å². The maximum atomic E-state index is 11.1. The second kappa shape index (κ2) is 10.3. The SMILES string of the molecule is N#CC(c1ccccc1)(C(/C(=C/c1ccccc1)N1CCCC1)c1ccccc1)N1CCCC1. The van der Waals surface area contributed by atoms with Gasteiger partial charge >= 0.3 is 0 Å². The maximum absolute atomic E-state index is 11.1. The van der Waals surface area contributed by atoms with Crippen molar-refractivity contribution in [1.29, 1.82) is 5.26 Å². The molecule has 0 N–H and O–H groups in total. The molecule has 0 saturated carbocycles. The predicted octanol–water partition coefficient (Wildman–Crippen LogP) is 6.42. The molecule has 2 saturated heterocycles. The molecule has 3 nitrogen and oxygen atoms in total. The highest BCUT2D eigenvalue weighted by Gasteiger charge is 2.50. The molecule has 2 aliphatic heterocycles. The largest absolute Gasteiger partial charge is 0.374 e. The monoisotopic (exact) mass is 447 g/mol. The van der Waals surface area contributed by atoms with E-state index in [9.17, 15) is 5.26 Å². The van der Waals surface area contributed by atoms with E-state index in [0.29, 0.717) is 0 Å². The summed E-state index contributed by atoms with van der Waals surface area (Å²) in [4.78, 5) is 4.99. The summed E-state index contributed by atoms with van der Waals surface area (Å²) in [5.41, 5.74) is 3.96. The third kappa shape index (κ3) is 4.27. The van der Waals surface area contributed by atoms with Gasteiger partial charge in [0.1, 0.15) is 5.54 Å². The zero-order valence-electron chi connectivity index (χ0n) is 19.8. The van der Waals surface area contributed by atoms with Crippen molar-refractivity contribution >= 4 is 6.08 Å². The molecule has 3 heteroatoms. The second-order valence-corrected chi connectivity index (χ2v) is 9.46. The third-order valence-electron chi connectivity index (χ3n) is 7.42. The zero-order valence-corrected chi connectivity index (χ0v) is 19.8. The zero-order chi connectivity index (χ0) is 23.2. The Morgan fingerprint density at radius 2 is 1.26 bits per heavy atom. The average molecular weight is 448 g/mol. The van der Waals surface area contributed by atoms with Gasteiger partial charge in [-0.15, -0.1) is 0 Å². The molecule has 5 rings (SSSR count). The van der Waals surface area contributed by atoms with Crippen LogP contribution in [0.15, 0.2) is 96.7 Å². The van der Waals surface area contributed by atoms with E-state index in [4.69, 9.17) is 0 Å². The van der Waals surface area contributed by atoms with Crippen LogP contribution in [0.1, 0.15) is 48.3 Å². The Kier molecular flexibility index (Phi) is 6.79. The Bertz CT molecular complexity index is 1120. The number of likely N-dealkylation sites (tertiary alicyclic amines) is 2. The summed E-state index contributed by atoms with van der Waals surface area (Å²) in [5.74, 6) is -0.0995. The molecular formula is C31H33N3. The smallest absolute Gasteiger partial charge is 0.147 e. The Morgan fingerprint density at radius 3 is 1.85 bits per heavy atom. The number of hydrogen-bond acceptors (Lipinski definition) is 3. The molecule has 2 aliphatic rings. The molecular weight excluding hydrogens is 414 g/mol. The second-order valence-electron chi connectivity index (χ2n) is 9.46. The predicted molar refractivity (Wildman–Crippen MR) is 139 cm³/mol. The van der Waals surface area contributed by atoms with Crippen LogP contribution in [0.5, 0.6) is 0 Å². The van der Waals surface area contributed by atoms with Crippen LogP contribution in [-0.2, 0) is 5.54 Å². The standard InChI is InChI=1S/C31H33N3/c32-25-31(34-22-12-13-23-34,28-18-8-3-9-19-28)30(27-16-6-2-7-17-27)29(33-20-10-11-21-33)24-26-14-4-1-5-15-26/h1-9,14-19,24,30H,10-13,20-23H2/b29-24-. The first-order valence-corrected chi connectivity index (χ1v) is 12.6. The van der Waals surface area contributed by atoms with Crippen LogP contribution < -0.4 is 0 Å². The molecule has 0 radical (unpaired) electrons. The van der Waals surface area contributed by atoms with E-state index in [1.807, 2.05) is 6.07 Å². The Morgan fingerprint density at radius 1 is 0.735 bits per heavy atom. The van der Waals surface area contributed by atoms with Crippen molar-refractivity contribution < 1.29 is 0 Å². The fourth-order valence-corrected chi connectivity index (χ4v) is 5.82. The third-order valence-corrected chi connectivity index (χ3v) is 7.42. The first kappa shape index (κ1) is 22.4. The summed E-state index contributed by atoms with van der Waals surface area (Å²) in [6, 6.07) is 34.8. The van der Waals surface area contributed by atoms with Gasteiger partial charge in [0.25, 0.3) is 0 Å². The lowest BCUT2D eigenvalue weighted by atomic mass is 9.71. The van der Waals surface area contributed by atoms with Crippen molar-refractivity contribution in [2.24, 2.45) is 0 Å². The number of benzene rings is 3. The van der Waals surface area contributed by atoms with E-state index in [2.05, 4.69) is 107 Å². The van der Waals surface area contributed by atoms with E-state index in [1.54, 1.807) is 0 Å². The summed E-state index contributed by atoms with van der Waals surface area (Å²) in [6.45, 7) is 3.98. The summed E-state index contributed by atoms with van der Waals surface area (Å²) >= 11 is 0. The molecule has 2 fully saturated rings. The van der Waals surface area contributed by atoms with E-state index < -0.39 is 5.54 Å². The first-order chi connectivity index (χ1) is 16.8. The van der Waals surface area contributed by atoms with Gasteiger partial charge in [0.05, 0.1) is 12.0 Å². The molecule has 2 atom stereocenters. The number of hydrogen-bond donors (Lipinski definition) is 0. The van der Waals surface area contributed by atoms with Gasteiger partial charge in [-0.25, -0.2) is 0 Å². The van der Waals surface area contributed by atoms with E-state index in [-0.39, 0.29) is 5.92 Å². The minimum absolute atomic E-state index is 0.0995. The van der Waals surface area contributed by atoms with E-state index in [1.165, 1.54) is 29.7 Å². The first-order valence-electron chi connectivity index (χ1n) is 12.6. The van der Waals surface area contributed by atoms with Crippen LogP contribution >= 0.6 is 0 Å². The highest BCUT2D eigenvalue weighted by atomic mass is 15.2. The number of nitrogens with zero attached hydrogens (tertiary/aromatic N) is 3. The lowest BCUT2D eigenvalue weighted by molar-refractivity contribution is 0.139. The van der Waals surface area contributed by atoms with Crippen molar-refractivity contribution in [3.8, 4) is 6.07 Å². The minimum atomic E-state index is -0.775. The van der Waals surface area contributed by atoms with Gasteiger partial charge in [0, 0.05) is 31.9 Å². The highest BCUT2D eigenvalue weighted by molar-refractivity contribution is 5.58. The molecule has 0 aromatic heterocycles. The maximum Gasteiger partial charge on any atom is 0.147 e. The van der Waals surface area contributed by atoms with Crippen LogP contribution in [0, 0.1) is 11.3 Å². The molecule has 3 aromatic carbocycles. The normalized spacial score (nSPS) is 19.5. The lowest BCUT2D eigenvalue weighted by Crippen LogP contribution is -2.50. The minimum Gasteiger partial charge on any atom is -0.374 e. The quantitative estimate of drug-likeness (QED) is 0.418. The van der Waals surface area contributed by atoms with Crippen LogP contribution in [0.25, 0.3) is 6.08 Å².